The fourth-order valence-corrected chi connectivity index (χ4v) is 0.801. The quantitative estimate of drug-likeness (QED) is 0.612. The van der Waals surface area contributed by atoms with Crippen LogP contribution in [0.3, 0.4) is 0 Å². The second-order valence-electron chi connectivity index (χ2n) is 2.41. The lowest BCUT2D eigenvalue weighted by Gasteiger charge is -2.11. The first kappa shape index (κ1) is 9.27. The van der Waals surface area contributed by atoms with Crippen molar-refractivity contribution in [2.45, 2.75) is 32.7 Å². The van der Waals surface area contributed by atoms with Gasteiger partial charge in [-0.3, -0.25) is 0 Å². The minimum atomic E-state index is -0.0963. The molecule has 10 heavy (non-hydrogen) atoms. The van der Waals surface area contributed by atoms with Crippen LogP contribution < -0.4 is 10.6 Å². The fourth-order valence-electron chi connectivity index (χ4n) is 0.801. The normalized spacial score (nSPS) is 12.3. The van der Waals surface area contributed by atoms with Gasteiger partial charge < -0.3 is 10.6 Å². The molecule has 1 unspecified atom stereocenters. The van der Waals surface area contributed by atoms with E-state index in [9.17, 15) is 4.79 Å². The van der Waals surface area contributed by atoms with Gasteiger partial charge in [0, 0.05) is 13.1 Å². The van der Waals surface area contributed by atoms with E-state index < -0.39 is 0 Å². The number of hydrogen-bond donors (Lipinski definition) is 2. The molecule has 0 radical (unpaired) electrons. The summed E-state index contributed by atoms with van der Waals surface area (Å²) in [7, 11) is 1.62. The van der Waals surface area contributed by atoms with Crippen LogP contribution in [-0.2, 0) is 0 Å². The van der Waals surface area contributed by atoms with E-state index in [4.69, 9.17) is 0 Å². The molecule has 3 heteroatoms. The maximum absolute atomic E-state index is 10.7. The first-order valence-corrected chi connectivity index (χ1v) is 3.69. The Morgan fingerprint density at radius 2 is 2.20 bits per heavy atom. The van der Waals surface area contributed by atoms with Gasteiger partial charge in [-0.1, -0.05) is 13.3 Å². The van der Waals surface area contributed by atoms with Crippen LogP contribution in [0.1, 0.15) is 26.7 Å². The Balaban J connectivity index is 3.37. The Labute approximate surface area is 62.2 Å². The number of rotatable bonds is 3. The summed E-state index contributed by atoms with van der Waals surface area (Å²) in [5.74, 6) is 0. The Morgan fingerprint density at radius 3 is 2.60 bits per heavy atom. The second kappa shape index (κ2) is 5.09. The molecule has 0 saturated heterocycles. The van der Waals surface area contributed by atoms with Crippen LogP contribution in [0.5, 0.6) is 0 Å². The zero-order chi connectivity index (χ0) is 7.98. The van der Waals surface area contributed by atoms with Crippen LogP contribution in [-0.4, -0.2) is 19.1 Å². The van der Waals surface area contributed by atoms with Gasteiger partial charge in [-0.2, -0.15) is 0 Å². The number of carbonyl (C=O) groups is 1. The largest absolute Gasteiger partial charge is 0.341 e. The van der Waals surface area contributed by atoms with Crippen molar-refractivity contribution in [2.75, 3.05) is 7.05 Å². The summed E-state index contributed by atoms with van der Waals surface area (Å²) in [6, 6.07) is 0.186. The second-order valence-corrected chi connectivity index (χ2v) is 2.41. The average molecular weight is 144 g/mol. The third kappa shape index (κ3) is 4.18. The van der Waals surface area contributed by atoms with Gasteiger partial charge in [0.25, 0.3) is 0 Å². The van der Waals surface area contributed by atoms with Crippen molar-refractivity contribution >= 4 is 6.03 Å². The molecule has 0 aromatic carbocycles. The molecule has 2 amide bonds. The monoisotopic (exact) mass is 144 g/mol. The van der Waals surface area contributed by atoms with E-state index in [0.717, 1.165) is 12.8 Å². The van der Waals surface area contributed by atoms with Crippen LogP contribution in [0.4, 0.5) is 4.79 Å². The number of urea groups is 1. The minimum absolute atomic E-state index is 0.0963. The predicted octanol–water partition coefficient (Wildman–Crippen LogP) is 1.10. The lowest BCUT2D eigenvalue weighted by Crippen LogP contribution is -2.38. The highest BCUT2D eigenvalue weighted by Crippen LogP contribution is 1.93. The molecule has 0 spiro atoms. The SMILES string of the molecule is CCCC(C)NC(=O)NC. The van der Waals surface area contributed by atoms with Crippen molar-refractivity contribution in [1.82, 2.24) is 10.6 Å². The Morgan fingerprint density at radius 1 is 1.60 bits per heavy atom. The van der Waals surface area contributed by atoms with Gasteiger partial charge in [0.15, 0.2) is 0 Å². The molecule has 3 nitrogen and oxygen atoms in total. The molecular formula is C7H16N2O. The molecule has 0 saturated carbocycles. The van der Waals surface area contributed by atoms with Crippen LogP contribution >= 0.6 is 0 Å². The van der Waals surface area contributed by atoms with E-state index in [0.29, 0.717) is 0 Å². The Kier molecular flexibility index (Phi) is 4.72. The van der Waals surface area contributed by atoms with E-state index in [-0.39, 0.29) is 12.1 Å². The molecule has 0 aromatic heterocycles. The molecule has 60 valence electrons. The number of hydrogen-bond acceptors (Lipinski definition) is 1. The maximum atomic E-state index is 10.7. The standard InChI is InChI=1S/C7H16N2O/c1-4-5-6(2)9-7(10)8-3/h6H,4-5H2,1-3H3,(H2,8,9,10). The molecule has 0 aliphatic heterocycles. The number of amides is 2. The maximum Gasteiger partial charge on any atom is 0.314 e. The van der Waals surface area contributed by atoms with E-state index in [1.165, 1.54) is 0 Å². The summed E-state index contributed by atoms with van der Waals surface area (Å²) < 4.78 is 0. The zero-order valence-corrected chi connectivity index (χ0v) is 6.90. The van der Waals surface area contributed by atoms with E-state index in [1.54, 1.807) is 7.05 Å². The highest BCUT2D eigenvalue weighted by atomic mass is 16.2. The van der Waals surface area contributed by atoms with Gasteiger partial charge in [-0.05, 0) is 13.3 Å². The summed E-state index contributed by atoms with van der Waals surface area (Å²) in [5, 5.41) is 5.28. The third-order valence-electron chi connectivity index (χ3n) is 1.33. The Hall–Kier alpha value is -0.730. The molecule has 0 aromatic rings. The van der Waals surface area contributed by atoms with Gasteiger partial charge in [0.2, 0.25) is 0 Å². The van der Waals surface area contributed by atoms with Gasteiger partial charge >= 0.3 is 6.03 Å². The minimum Gasteiger partial charge on any atom is -0.341 e. The van der Waals surface area contributed by atoms with Crippen LogP contribution in [0.2, 0.25) is 0 Å². The first-order valence-electron chi connectivity index (χ1n) is 3.69. The van der Waals surface area contributed by atoms with E-state index in [1.807, 2.05) is 6.92 Å². The first-order chi connectivity index (χ1) is 4.70. The average Bonchev–Trinajstić information content (AvgIpc) is 1.88. The lowest BCUT2D eigenvalue weighted by atomic mass is 10.2. The number of carbonyl (C=O) groups excluding carboxylic acids is 1. The van der Waals surface area contributed by atoms with E-state index >= 15 is 0 Å². The van der Waals surface area contributed by atoms with Crippen molar-refractivity contribution in [3.63, 3.8) is 0 Å². The third-order valence-corrected chi connectivity index (χ3v) is 1.33. The number of nitrogens with one attached hydrogen (secondary N) is 2. The van der Waals surface area contributed by atoms with Crippen LogP contribution in [0.25, 0.3) is 0 Å². The van der Waals surface area contributed by atoms with Crippen molar-refractivity contribution in [2.24, 2.45) is 0 Å². The molecule has 1 atom stereocenters. The molecular weight excluding hydrogens is 128 g/mol. The topological polar surface area (TPSA) is 41.1 Å². The zero-order valence-electron chi connectivity index (χ0n) is 6.90. The summed E-state index contributed by atoms with van der Waals surface area (Å²) in [6.45, 7) is 4.10. The lowest BCUT2D eigenvalue weighted by molar-refractivity contribution is 0.239. The van der Waals surface area contributed by atoms with Crippen LogP contribution in [0.15, 0.2) is 0 Å². The van der Waals surface area contributed by atoms with Crippen LogP contribution in [0, 0.1) is 0 Å². The Bertz CT molecular complexity index is 104. The molecule has 0 bridgehead atoms. The van der Waals surface area contributed by atoms with Crippen molar-refractivity contribution < 1.29 is 4.79 Å². The van der Waals surface area contributed by atoms with Crippen molar-refractivity contribution in [3.8, 4) is 0 Å². The summed E-state index contributed by atoms with van der Waals surface area (Å²) in [6.07, 6.45) is 2.14. The van der Waals surface area contributed by atoms with Crippen molar-refractivity contribution in [3.05, 3.63) is 0 Å². The molecule has 0 aliphatic carbocycles. The van der Waals surface area contributed by atoms with Gasteiger partial charge in [0.05, 0.1) is 0 Å². The molecule has 0 fully saturated rings. The highest BCUT2D eigenvalue weighted by molar-refractivity contribution is 5.73. The summed E-state index contributed by atoms with van der Waals surface area (Å²) in [5.41, 5.74) is 0. The molecule has 0 aliphatic rings. The van der Waals surface area contributed by atoms with Gasteiger partial charge in [0.1, 0.15) is 0 Å². The van der Waals surface area contributed by atoms with Crippen molar-refractivity contribution in [1.29, 1.82) is 0 Å². The highest BCUT2D eigenvalue weighted by Gasteiger charge is 2.01. The molecule has 0 heterocycles. The smallest absolute Gasteiger partial charge is 0.314 e. The summed E-state index contributed by atoms with van der Waals surface area (Å²) >= 11 is 0. The summed E-state index contributed by atoms with van der Waals surface area (Å²) in [4.78, 5) is 10.7. The fraction of sp³-hybridized carbons (Fsp3) is 0.857. The van der Waals surface area contributed by atoms with E-state index in [2.05, 4.69) is 17.6 Å². The molecule has 2 N–H and O–H groups in total. The molecule has 0 rings (SSSR count). The van der Waals surface area contributed by atoms with Gasteiger partial charge in [-0.15, -0.1) is 0 Å². The van der Waals surface area contributed by atoms with Gasteiger partial charge in [-0.25, -0.2) is 4.79 Å². The predicted molar refractivity (Wildman–Crippen MR) is 42.0 cm³/mol.